The summed E-state index contributed by atoms with van der Waals surface area (Å²) in [5, 5.41) is 0. The lowest BCUT2D eigenvalue weighted by atomic mass is 10.8. The van der Waals surface area contributed by atoms with Crippen molar-refractivity contribution >= 4 is 38.5 Å². The van der Waals surface area contributed by atoms with Crippen LogP contribution in [0, 0.1) is 4.18 Å². The maximum atomic E-state index is 11.3. The molecule has 0 fully saturated rings. The maximum Gasteiger partial charge on any atom is 0.348 e. The maximum absolute atomic E-state index is 11.3. The molecule has 0 aromatic heterocycles. The number of rotatable bonds is 1. The van der Waals surface area contributed by atoms with Gasteiger partial charge in [-0.25, -0.2) is 4.39 Å². The van der Waals surface area contributed by atoms with Gasteiger partial charge in [-0.2, -0.15) is 8.78 Å². The van der Waals surface area contributed by atoms with Crippen LogP contribution in [0.25, 0.3) is 0 Å². The Labute approximate surface area is 60.7 Å². The van der Waals surface area contributed by atoms with Gasteiger partial charge in [0.2, 0.25) is 0 Å². The van der Waals surface area contributed by atoms with Gasteiger partial charge < -0.3 is 0 Å². The molecular weight excluding hydrogens is 288 g/mol. The Balaban J connectivity index is 3.54. The Bertz CT molecular complexity index is 58.4. The Hall–Kier alpha value is 1.000. The van der Waals surface area contributed by atoms with Crippen molar-refractivity contribution in [2.24, 2.45) is 0 Å². The van der Waals surface area contributed by atoms with Crippen molar-refractivity contribution in [2.45, 2.75) is 4.83 Å². The average molecular weight is 288 g/mol. The summed E-state index contributed by atoms with van der Waals surface area (Å²) < 4.78 is 32.5. The van der Waals surface area contributed by atoms with Crippen LogP contribution in [-0.2, 0) is 0 Å². The first kappa shape index (κ1) is 8.00. The lowest BCUT2D eigenvalue weighted by Crippen LogP contribution is -2.06. The summed E-state index contributed by atoms with van der Waals surface area (Å²) in [5.41, 5.74) is 0. The van der Waals surface area contributed by atoms with Gasteiger partial charge in [0.05, 0.1) is 0 Å². The van der Waals surface area contributed by atoms with Gasteiger partial charge in [0.1, 0.15) is 0 Å². The van der Waals surface area contributed by atoms with Crippen LogP contribution in [0.2, 0.25) is 0 Å². The monoisotopic (exact) mass is 287 g/mol. The third-order valence-electron chi connectivity index (χ3n) is 0.214. The summed E-state index contributed by atoms with van der Waals surface area (Å²) in [6.07, 6.45) is 0. The molecule has 7 heavy (non-hydrogen) atoms. The Morgan fingerprint density at radius 2 is 1.71 bits per heavy atom. The summed E-state index contributed by atoms with van der Waals surface area (Å²) >= 11 is 2.69. The van der Waals surface area contributed by atoms with Gasteiger partial charge in [-0.15, -0.1) is 0 Å². The SMILES string of the molecule is F[C](I)C(F)(F)Br. The minimum absolute atomic E-state index is 0.902. The standard InChI is InChI=1S/C2BrF3I/c3-2(5,6)1(4)7. The molecule has 0 spiro atoms. The summed E-state index contributed by atoms with van der Waals surface area (Å²) in [5.74, 6) is 0. The molecule has 0 rings (SSSR count). The Morgan fingerprint density at radius 3 is 1.71 bits per heavy atom. The van der Waals surface area contributed by atoms with Crippen molar-refractivity contribution in [3.8, 4) is 0 Å². The van der Waals surface area contributed by atoms with Crippen molar-refractivity contribution in [1.29, 1.82) is 0 Å². The molecule has 0 heterocycles. The molecule has 0 saturated heterocycles. The van der Waals surface area contributed by atoms with Crippen LogP contribution in [0.4, 0.5) is 13.2 Å². The third kappa shape index (κ3) is 3.57. The fourth-order valence-corrected chi connectivity index (χ4v) is 0. The van der Waals surface area contributed by atoms with Crippen LogP contribution in [0.1, 0.15) is 0 Å². The first-order valence-corrected chi connectivity index (χ1v) is 3.07. The highest BCUT2D eigenvalue weighted by molar-refractivity contribution is 14.1. The zero-order valence-corrected chi connectivity index (χ0v) is 6.63. The van der Waals surface area contributed by atoms with E-state index < -0.39 is 9.01 Å². The largest absolute Gasteiger partial charge is 0.348 e. The molecule has 5 heteroatoms. The topological polar surface area (TPSA) is 0 Å². The van der Waals surface area contributed by atoms with Gasteiger partial charge >= 0.3 is 4.83 Å². The summed E-state index contributed by atoms with van der Waals surface area (Å²) in [7, 11) is 0. The lowest BCUT2D eigenvalue weighted by molar-refractivity contribution is 0.116. The predicted octanol–water partition coefficient (Wildman–Crippen LogP) is 2.87. The van der Waals surface area contributed by atoms with Crippen molar-refractivity contribution < 1.29 is 13.2 Å². The van der Waals surface area contributed by atoms with E-state index in [4.69, 9.17) is 0 Å². The number of hydrogen-bond donors (Lipinski definition) is 0. The molecule has 0 amide bonds. The fraction of sp³-hybridized carbons (Fsp3) is 0.500. The smallest absolute Gasteiger partial charge is 0.220 e. The Morgan fingerprint density at radius 1 is 1.57 bits per heavy atom. The van der Waals surface area contributed by atoms with Crippen molar-refractivity contribution in [2.75, 3.05) is 0 Å². The minimum Gasteiger partial charge on any atom is -0.220 e. The van der Waals surface area contributed by atoms with Crippen LogP contribution in [0.5, 0.6) is 0 Å². The average Bonchev–Trinajstić information content (AvgIpc) is 1.31. The molecule has 1 radical (unpaired) electrons. The van der Waals surface area contributed by atoms with Crippen LogP contribution in [-0.4, -0.2) is 4.83 Å². The van der Waals surface area contributed by atoms with E-state index in [1.165, 1.54) is 0 Å². The molecular formula is C2BrF3I. The van der Waals surface area contributed by atoms with Gasteiger partial charge in [-0.1, -0.05) is 0 Å². The van der Waals surface area contributed by atoms with E-state index in [0.717, 1.165) is 22.6 Å². The van der Waals surface area contributed by atoms with E-state index >= 15 is 0 Å². The van der Waals surface area contributed by atoms with E-state index in [1.807, 2.05) is 0 Å². The molecule has 0 aromatic rings. The highest BCUT2D eigenvalue weighted by Gasteiger charge is 2.35. The third-order valence-corrected chi connectivity index (χ3v) is 1.98. The molecule has 0 aliphatic carbocycles. The molecule has 0 atom stereocenters. The zero-order valence-electron chi connectivity index (χ0n) is 2.89. The molecule has 0 unspecified atom stereocenters. The molecule has 0 saturated carbocycles. The number of alkyl halides is 3. The number of hydrogen-bond acceptors (Lipinski definition) is 0. The summed E-state index contributed by atoms with van der Waals surface area (Å²) in [4.78, 5) is -3.45. The zero-order chi connectivity index (χ0) is 6.08. The highest BCUT2D eigenvalue weighted by atomic mass is 127. The van der Waals surface area contributed by atoms with Crippen LogP contribution in [0.15, 0.2) is 0 Å². The lowest BCUT2D eigenvalue weighted by Gasteiger charge is -2.03. The quantitative estimate of drug-likeness (QED) is 0.514. The van der Waals surface area contributed by atoms with E-state index in [-0.39, 0.29) is 0 Å². The van der Waals surface area contributed by atoms with E-state index in [1.54, 1.807) is 15.9 Å². The summed E-state index contributed by atoms with van der Waals surface area (Å²) in [6, 6.07) is 0. The van der Waals surface area contributed by atoms with Gasteiger partial charge in [0, 0.05) is 0 Å². The van der Waals surface area contributed by atoms with Crippen LogP contribution >= 0.6 is 38.5 Å². The fourth-order valence-electron chi connectivity index (χ4n) is 0. The molecule has 43 valence electrons. The second-order valence-corrected chi connectivity index (χ2v) is 2.70. The van der Waals surface area contributed by atoms with Gasteiger partial charge in [0.15, 0.2) is 0 Å². The summed E-state index contributed by atoms with van der Waals surface area (Å²) in [6.45, 7) is 0. The van der Waals surface area contributed by atoms with Crippen molar-refractivity contribution in [3.63, 3.8) is 0 Å². The van der Waals surface area contributed by atoms with Gasteiger partial charge in [-0.05, 0) is 38.5 Å². The number of halogens is 5. The van der Waals surface area contributed by atoms with E-state index in [9.17, 15) is 13.2 Å². The first-order valence-electron chi connectivity index (χ1n) is 1.19. The van der Waals surface area contributed by atoms with E-state index in [0.29, 0.717) is 0 Å². The van der Waals surface area contributed by atoms with Crippen LogP contribution in [0.3, 0.4) is 0 Å². The van der Waals surface area contributed by atoms with Crippen molar-refractivity contribution in [3.05, 3.63) is 4.18 Å². The molecule has 0 N–H and O–H groups in total. The van der Waals surface area contributed by atoms with E-state index in [2.05, 4.69) is 0 Å². The normalized spacial score (nSPS) is 12.9. The molecule has 0 aliphatic rings. The minimum atomic E-state index is -3.45. The molecule has 0 aliphatic heterocycles. The van der Waals surface area contributed by atoms with Gasteiger partial charge in [0.25, 0.3) is 4.18 Å². The second kappa shape index (κ2) is 2.52. The predicted molar refractivity (Wildman–Crippen MR) is 32.2 cm³/mol. The first-order chi connectivity index (χ1) is 2.94. The molecule has 0 bridgehead atoms. The molecule has 0 aromatic carbocycles. The van der Waals surface area contributed by atoms with Gasteiger partial charge in [-0.3, -0.25) is 0 Å². The Kier molecular flexibility index (Phi) is 2.88. The highest BCUT2D eigenvalue weighted by Crippen LogP contribution is 2.38. The van der Waals surface area contributed by atoms with Crippen molar-refractivity contribution in [1.82, 2.24) is 0 Å². The second-order valence-electron chi connectivity index (χ2n) is 0.758. The molecule has 0 nitrogen and oxygen atoms in total. The van der Waals surface area contributed by atoms with Crippen LogP contribution < -0.4 is 0 Å².